The normalized spacial score (nSPS) is 14.7. The molecule has 0 bridgehead atoms. The molecule has 126 valence electrons. The van der Waals surface area contributed by atoms with Crippen LogP contribution >= 0.6 is 0 Å². The van der Waals surface area contributed by atoms with Crippen molar-refractivity contribution in [2.45, 2.75) is 33.6 Å². The quantitative estimate of drug-likeness (QED) is 0.769. The molecule has 0 spiro atoms. The molecule has 0 saturated carbocycles. The third-order valence-electron chi connectivity index (χ3n) is 4.79. The van der Waals surface area contributed by atoms with Gasteiger partial charge in [0.15, 0.2) is 5.78 Å². The van der Waals surface area contributed by atoms with E-state index in [0.29, 0.717) is 5.57 Å². The Hall–Kier alpha value is -2.55. The average molecular weight is 324 g/mol. The van der Waals surface area contributed by atoms with E-state index in [1.807, 2.05) is 45.9 Å². The van der Waals surface area contributed by atoms with Crippen LogP contribution in [0.1, 0.15) is 44.7 Å². The fourth-order valence-electron chi connectivity index (χ4n) is 2.78. The second-order valence-corrected chi connectivity index (χ2v) is 6.33. The molecule has 0 aliphatic carbocycles. The predicted molar refractivity (Wildman–Crippen MR) is 97.1 cm³/mol. The molecule has 2 aromatic carbocycles. The first-order chi connectivity index (χ1) is 11.3. The van der Waals surface area contributed by atoms with Crippen molar-refractivity contribution in [2.24, 2.45) is 5.92 Å². The summed E-state index contributed by atoms with van der Waals surface area (Å²) < 4.78 is 0. The molecule has 0 aliphatic rings. The van der Waals surface area contributed by atoms with Crippen LogP contribution in [-0.4, -0.2) is 16.0 Å². The Labute approximate surface area is 143 Å². The topological polar surface area (TPSA) is 57.5 Å². The van der Waals surface area contributed by atoms with Crippen molar-refractivity contribution in [1.29, 1.82) is 0 Å². The second kappa shape index (κ2) is 7.35. The molecule has 0 heterocycles. The standard InChI is InChI=1S/C21H24O3/c1-13(17-8-10-19(22)11-9-17)15(3)21(24)16(4)14(2)18-6-5-7-20(23)12-18/h5-13,15,22-23H,1-4H3. The van der Waals surface area contributed by atoms with Gasteiger partial charge in [-0.05, 0) is 66.3 Å². The third kappa shape index (κ3) is 3.85. The highest BCUT2D eigenvalue weighted by Gasteiger charge is 2.24. The molecule has 0 saturated heterocycles. The number of carbonyl (C=O) groups excluding carboxylic acids is 1. The highest BCUT2D eigenvalue weighted by atomic mass is 16.3. The summed E-state index contributed by atoms with van der Waals surface area (Å²) in [4.78, 5) is 12.9. The lowest BCUT2D eigenvalue weighted by molar-refractivity contribution is -0.119. The molecule has 2 unspecified atom stereocenters. The lowest BCUT2D eigenvalue weighted by Crippen LogP contribution is -2.19. The van der Waals surface area contributed by atoms with Gasteiger partial charge < -0.3 is 10.2 Å². The highest BCUT2D eigenvalue weighted by Crippen LogP contribution is 2.30. The summed E-state index contributed by atoms with van der Waals surface area (Å²) >= 11 is 0. The lowest BCUT2D eigenvalue weighted by Gasteiger charge is -2.21. The van der Waals surface area contributed by atoms with Gasteiger partial charge in [-0.15, -0.1) is 0 Å². The zero-order valence-electron chi connectivity index (χ0n) is 14.6. The van der Waals surface area contributed by atoms with E-state index in [0.717, 1.165) is 16.7 Å². The van der Waals surface area contributed by atoms with Gasteiger partial charge in [0.2, 0.25) is 0 Å². The van der Waals surface area contributed by atoms with Crippen LogP contribution in [0.4, 0.5) is 0 Å². The van der Waals surface area contributed by atoms with Gasteiger partial charge in [-0.1, -0.05) is 38.1 Å². The Kier molecular flexibility index (Phi) is 5.45. The number of carbonyl (C=O) groups is 1. The van der Waals surface area contributed by atoms with E-state index in [1.54, 1.807) is 30.3 Å². The van der Waals surface area contributed by atoms with E-state index < -0.39 is 0 Å². The Morgan fingerprint density at radius 2 is 1.54 bits per heavy atom. The molecule has 0 fully saturated rings. The van der Waals surface area contributed by atoms with Gasteiger partial charge in [0.05, 0.1) is 0 Å². The van der Waals surface area contributed by atoms with Crippen molar-refractivity contribution in [3.63, 3.8) is 0 Å². The van der Waals surface area contributed by atoms with Crippen LogP contribution in [-0.2, 0) is 4.79 Å². The van der Waals surface area contributed by atoms with Gasteiger partial charge in [0, 0.05) is 5.92 Å². The minimum absolute atomic E-state index is 0.0463. The number of phenolic OH excluding ortho intramolecular Hbond substituents is 2. The third-order valence-corrected chi connectivity index (χ3v) is 4.79. The maximum Gasteiger partial charge on any atom is 0.162 e. The maximum atomic E-state index is 12.9. The molecule has 3 nitrogen and oxygen atoms in total. The number of hydrogen-bond donors (Lipinski definition) is 2. The van der Waals surface area contributed by atoms with E-state index in [2.05, 4.69) is 0 Å². The first-order valence-corrected chi connectivity index (χ1v) is 8.11. The number of ketones is 1. The maximum absolute atomic E-state index is 12.9. The summed E-state index contributed by atoms with van der Waals surface area (Å²) in [6.45, 7) is 7.69. The van der Waals surface area contributed by atoms with E-state index in [4.69, 9.17) is 0 Å². The fraction of sp³-hybridized carbons (Fsp3) is 0.286. The van der Waals surface area contributed by atoms with Gasteiger partial charge >= 0.3 is 0 Å². The number of Topliss-reactive ketones (excluding diaryl/α,β-unsaturated/α-hetero) is 1. The molecule has 2 N–H and O–H groups in total. The minimum atomic E-state index is -0.179. The number of rotatable bonds is 5. The molecule has 0 amide bonds. The van der Waals surface area contributed by atoms with Crippen molar-refractivity contribution >= 4 is 11.4 Å². The van der Waals surface area contributed by atoms with E-state index >= 15 is 0 Å². The molecule has 2 atom stereocenters. The van der Waals surface area contributed by atoms with E-state index in [1.165, 1.54) is 0 Å². The first-order valence-electron chi connectivity index (χ1n) is 8.11. The molecular formula is C21H24O3. The van der Waals surface area contributed by atoms with Crippen molar-refractivity contribution < 1.29 is 15.0 Å². The van der Waals surface area contributed by atoms with Crippen LogP contribution in [0.3, 0.4) is 0 Å². The summed E-state index contributed by atoms with van der Waals surface area (Å²) in [6.07, 6.45) is 0. The monoisotopic (exact) mass is 324 g/mol. The van der Waals surface area contributed by atoms with E-state index in [-0.39, 0.29) is 29.1 Å². The SMILES string of the molecule is CC(C(=O)C(C)C(C)c1ccc(O)cc1)=C(C)c1cccc(O)c1. The smallest absolute Gasteiger partial charge is 0.162 e. The number of hydrogen-bond acceptors (Lipinski definition) is 3. The molecule has 3 heteroatoms. The molecule has 0 aliphatic heterocycles. The minimum Gasteiger partial charge on any atom is -0.508 e. The number of benzene rings is 2. The summed E-state index contributed by atoms with van der Waals surface area (Å²) in [6, 6.07) is 13.9. The Morgan fingerprint density at radius 1 is 0.917 bits per heavy atom. The zero-order valence-corrected chi connectivity index (χ0v) is 14.6. The first kappa shape index (κ1) is 17.8. The van der Waals surface area contributed by atoms with Crippen LogP contribution in [0.25, 0.3) is 5.57 Å². The van der Waals surface area contributed by atoms with Crippen LogP contribution in [0.2, 0.25) is 0 Å². The fourth-order valence-corrected chi connectivity index (χ4v) is 2.78. The van der Waals surface area contributed by atoms with E-state index in [9.17, 15) is 15.0 Å². The Balaban J connectivity index is 2.25. The summed E-state index contributed by atoms with van der Waals surface area (Å²) in [7, 11) is 0. The number of phenols is 2. The molecule has 0 radical (unpaired) electrons. The van der Waals surface area contributed by atoms with Gasteiger partial charge in [0.25, 0.3) is 0 Å². The highest BCUT2D eigenvalue weighted by molar-refractivity contribution is 6.03. The lowest BCUT2D eigenvalue weighted by atomic mass is 9.82. The van der Waals surface area contributed by atoms with Crippen molar-refractivity contribution in [1.82, 2.24) is 0 Å². The largest absolute Gasteiger partial charge is 0.508 e. The van der Waals surface area contributed by atoms with Gasteiger partial charge in [-0.25, -0.2) is 0 Å². The molecule has 0 aromatic heterocycles. The summed E-state index contributed by atoms with van der Waals surface area (Å²) in [5.74, 6) is 0.376. The molecule has 24 heavy (non-hydrogen) atoms. The van der Waals surface area contributed by atoms with Crippen LogP contribution in [0.15, 0.2) is 54.1 Å². The molecule has 2 aromatic rings. The van der Waals surface area contributed by atoms with Crippen molar-refractivity contribution in [2.75, 3.05) is 0 Å². The Bertz CT molecular complexity index is 757. The molecule has 2 rings (SSSR count). The van der Waals surface area contributed by atoms with Crippen LogP contribution < -0.4 is 0 Å². The van der Waals surface area contributed by atoms with Crippen molar-refractivity contribution in [3.8, 4) is 11.5 Å². The van der Waals surface area contributed by atoms with Crippen LogP contribution in [0, 0.1) is 5.92 Å². The van der Waals surface area contributed by atoms with Gasteiger partial charge in [-0.3, -0.25) is 4.79 Å². The number of aromatic hydroxyl groups is 2. The summed E-state index contributed by atoms with van der Waals surface area (Å²) in [5.41, 5.74) is 3.46. The Morgan fingerprint density at radius 3 is 2.12 bits per heavy atom. The summed E-state index contributed by atoms with van der Waals surface area (Å²) in [5, 5.41) is 19.0. The van der Waals surface area contributed by atoms with Crippen LogP contribution in [0.5, 0.6) is 11.5 Å². The zero-order chi connectivity index (χ0) is 17.9. The van der Waals surface area contributed by atoms with Gasteiger partial charge in [-0.2, -0.15) is 0 Å². The molecular weight excluding hydrogens is 300 g/mol. The second-order valence-electron chi connectivity index (χ2n) is 6.33. The van der Waals surface area contributed by atoms with Crippen molar-refractivity contribution in [3.05, 3.63) is 65.2 Å². The van der Waals surface area contributed by atoms with Gasteiger partial charge in [0.1, 0.15) is 11.5 Å². The average Bonchev–Trinajstić information content (AvgIpc) is 2.59. The predicted octanol–water partition coefficient (Wildman–Crippen LogP) is 4.90. The number of allylic oxidation sites excluding steroid dienone is 2.